The molecule has 0 bridgehead atoms. The number of nitrogens with zero attached hydrogens (tertiary/aromatic N) is 8. The van der Waals surface area contributed by atoms with Crippen LogP contribution in [0.2, 0.25) is 0 Å². The molecule has 2 N–H and O–H groups in total. The molecule has 436 valence electrons. The van der Waals surface area contributed by atoms with E-state index in [1.807, 2.05) is 106 Å². The van der Waals surface area contributed by atoms with Crippen LogP contribution in [-0.2, 0) is 37.9 Å². The number of rotatable bonds is 22. The monoisotopic (exact) mass is 1330 g/mol. The van der Waals surface area contributed by atoms with Gasteiger partial charge in [-0.3, -0.25) is 14.2 Å². The molecule has 0 amide bonds. The minimum Gasteiger partial charge on any atom is -0.437 e. The van der Waals surface area contributed by atoms with Crippen LogP contribution in [0.3, 0.4) is 0 Å². The van der Waals surface area contributed by atoms with Crippen molar-refractivity contribution in [1.29, 1.82) is 0 Å². The molecule has 0 spiro atoms. The number of nitrogens with one attached hydrogen (secondary N) is 2. The number of ketones is 1. The lowest BCUT2D eigenvalue weighted by Crippen LogP contribution is -2.19. The number of Topliss-reactive ketones (excluding diaryl/α,β-unsaturated/α-hetero) is 1. The zero-order valence-electron chi connectivity index (χ0n) is 46.3. The highest BCUT2D eigenvalue weighted by atomic mass is 79.9. The zero-order chi connectivity index (χ0) is 60.6. The Morgan fingerprint density at radius 3 is 1.20 bits per heavy atom. The molecule has 12 rings (SSSR count). The molecule has 2 unspecified atom stereocenters. The number of aromatic nitrogens is 8. The number of ether oxygens (including phenoxy) is 2. The zero-order valence-corrected chi connectivity index (χ0v) is 51.1. The lowest BCUT2D eigenvalue weighted by atomic mass is 9.82. The highest BCUT2D eigenvalue weighted by Crippen LogP contribution is 2.35. The Bertz CT molecular complexity index is 4430. The van der Waals surface area contributed by atoms with Gasteiger partial charge in [-0.1, -0.05) is 165 Å². The minimum absolute atomic E-state index is 0.0749. The first kappa shape index (κ1) is 58.5. The Balaban J connectivity index is 0.848. The Labute approximate surface area is 523 Å². The summed E-state index contributed by atoms with van der Waals surface area (Å²) in [5.74, 6) is -0.526. The molecule has 0 aliphatic heterocycles. The lowest BCUT2D eigenvalue weighted by Gasteiger charge is -2.20. The number of hydrogen-bond acceptors (Lipinski definition) is 13. The fourth-order valence-electron chi connectivity index (χ4n) is 9.70. The predicted molar refractivity (Wildman–Crippen MR) is 346 cm³/mol. The molecule has 4 aromatic heterocycles. The molecular formula is C67H50Br2N10O7S2. The smallest absolute Gasteiger partial charge is 0.261 e. The lowest BCUT2D eigenvalue weighted by molar-refractivity contribution is -0.120. The summed E-state index contributed by atoms with van der Waals surface area (Å²) in [6.07, 6.45) is 13.6. The van der Waals surface area contributed by atoms with Gasteiger partial charge in [0.25, 0.3) is 31.8 Å². The Morgan fingerprint density at radius 1 is 0.455 bits per heavy atom. The van der Waals surface area contributed by atoms with E-state index in [9.17, 15) is 16.8 Å². The summed E-state index contributed by atoms with van der Waals surface area (Å²) in [5.41, 5.74) is 7.62. The second-order valence-electron chi connectivity index (χ2n) is 20.2. The number of allylic oxidation sites excluding steroid dienone is 2. The molecule has 0 fully saturated rings. The molecule has 0 saturated carbocycles. The number of carbonyl (C=O) groups excluding carboxylic acids is 1. The molecule has 0 aliphatic carbocycles. The van der Waals surface area contributed by atoms with Crippen LogP contribution < -0.4 is 18.9 Å². The highest BCUT2D eigenvalue weighted by Gasteiger charge is 2.28. The number of anilines is 2. The summed E-state index contributed by atoms with van der Waals surface area (Å²) in [6.45, 7) is 1.14. The molecule has 8 aromatic carbocycles. The van der Waals surface area contributed by atoms with Crippen LogP contribution in [0.5, 0.6) is 23.3 Å². The van der Waals surface area contributed by atoms with Crippen LogP contribution >= 0.6 is 31.9 Å². The third-order valence-electron chi connectivity index (χ3n) is 14.2. The van der Waals surface area contributed by atoms with Gasteiger partial charge in [-0.05, 0) is 130 Å². The molecule has 88 heavy (non-hydrogen) atoms. The first-order valence-corrected chi connectivity index (χ1v) is 31.9. The van der Waals surface area contributed by atoms with Gasteiger partial charge in [0, 0.05) is 20.3 Å². The van der Waals surface area contributed by atoms with Crippen molar-refractivity contribution in [1.82, 2.24) is 39.0 Å². The van der Waals surface area contributed by atoms with Gasteiger partial charge in [-0.2, -0.15) is 9.97 Å². The van der Waals surface area contributed by atoms with Crippen LogP contribution in [0, 0.1) is 0 Å². The normalized spacial score (nSPS) is 12.6. The number of sulfonamides is 2. The second-order valence-corrected chi connectivity index (χ2v) is 25.4. The molecule has 2 atom stereocenters. The average molecular weight is 1330 g/mol. The Hall–Kier alpha value is -9.93. The fourth-order valence-corrected chi connectivity index (χ4v) is 12.3. The maximum atomic E-state index is 15.7. The van der Waals surface area contributed by atoms with Gasteiger partial charge in [-0.15, -0.1) is 0 Å². The van der Waals surface area contributed by atoms with Crippen LogP contribution in [0.1, 0.15) is 45.2 Å². The maximum Gasteiger partial charge on any atom is 0.261 e. The molecule has 4 heterocycles. The van der Waals surface area contributed by atoms with Gasteiger partial charge in [0.2, 0.25) is 0 Å². The van der Waals surface area contributed by atoms with Crippen LogP contribution in [0.25, 0.3) is 34.5 Å². The number of carbonyl (C=O) groups is 1. The summed E-state index contributed by atoms with van der Waals surface area (Å²) in [4.78, 5) is 42.8. The molecular weight excluding hydrogens is 1280 g/mol. The quantitative estimate of drug-likeness (QED) is 0.0647. The highest BCUT2D eigenvalue weighted by molar-refractivity contribution is 9.10. The third-order valence-corrected chi connectivity index (χ3v) is 18.0. The van der Waals surface area contributed by atoms with E-state index in [4.69, 9.17) is 9.47 Å². The van der Waals surface area contributed by atoms with Crippen LogP contribution in [0.4, 0.5) is 11.4 Å². The van der Waals surface area contributed by atoms with E-state index in [2.05, 4.69) is 71.2 Å². The first-order valence-electron chi connectivity index (χ1n) is 27.4. The van der Waals surface area contributed by atoms with Crippen LogP contribution in [0.15, 0.2) is 262 Å². The van der Waals surface area contributed by atoms with Gasteiger partial charge < -0.3 is 18.6 Å². The minimum atomic E-state index is -3.97. The van der Waals surface area contributed by atoms with Crippen molar-refractivity contribution in [2.75, 3.05) is 9.44 Å². The van der Waals surface area contributed by atoms with E-state index in [1.54, 1.807) is 122 Å². The first-order chi connectivity index (χ1) is 42.8. The number of hydrogen-bond donors (Lipinski definition) is 2. The van der Waals surface area contributed by atoms with Crippen LogP contribution in [-0.4, -0.2) is 61.7 Å². The summed E-state index contributed by atoms with van der Waals surface area (Å²) < 4.78 is 77.2. The number of imidazole rings is 2. The number of fused-ring (bicyclic) bond motifs is 2. The molecule has 12 aromatic rings. The van der Waals surface area contributed by atoms with E-state index >= 15 is 4.79 Å². The molecule has 0 aliphatic rings. The summed E-state index contributed by atoms with van der Waals surface area (Å²) in [5, 5.41) is 0. The van der Waals surface area contributed by atoms with E-state index < -0.39 is 31.9 Å². The summed E-state index contributed by atoms with van der Waals surface area (Å²) >= 11 is 6.73. The number of benzene rings is 8. The van der Waals surface area contributed by atoms with Crippen molar-refractivity contribution in [2.24, 2.45) is 0 Å². The van der Waals surface area contributed by atoms with Gasteiger partial charge in [-0.25, -0.2) is 36.8 Å². The second kappa shape index (κ2) is 26.0. The van der Waals surface area contributed by atoms with Crippen molar-refractivity contribution in [2.45, 2.75) is 34.7 Å². The topological polar surface area (TPSA) is 215 Å². The van der Waals surface area contributed by atoms with Crippen molar-refractivity contribution in [3.63, 3.8) is 0 Å². The Kier molecular flexibility index (Phi) is 17.2. The number of halogens is 2. The van der Waals surface area contributed by atoms with Crippen molar-refractivity contribution < 1.29 is 31.1 Å². The maximum absolute atomic E-state index is 15.7. The summed E-state index contributed by atoms with van der Waals surface area (Å²) in [7, 11) is -7.94. The van der Waals surface area contributed by atoms with E-state index in [1.165, 1.54) is 36.9 Å². The molecule has 0 saturated heterocycles. The SMILES string of the molecule is O=C(C(/C=C/c1ccc(Oc2ncnc3c2ncn3Cc2ccccc2)cc1)c1ccc(NS(=O)(=O)c2ccc(Br)cc2)cc1)C(/C=C/c1ccc(Oc2ncnc3c2ncn3Cc2ccccc2)cc1)c1ccc(NS(=O)(=O)c2ccc(Br)cc2)cc1. The van der Waals surface area contributed by atoms with E-state index in [0.29, 0.717) is 69.8 Å². The average Bonchev–Trinajstić information content (AvgIpc) is 2.40. The van der Waals surface area contributed by atoms with Crippen molar-refractivity contribution in [3.8, 4) is 23.3 Å². The Morgan fingerprint density at radius 2 is 0.830 bits per heavy atom. The van der Waals surface area contributed by atoms with Crippen molar-refractivity contribution in [3.05, 3.63) is 286 Å². The third kappa shape index (κ3) is 13.8. The van der Waals surface area contributed by atoms with Crippen molar-refractivity contribution >= 4 is 104 Å². The van der Waals surface area contributed by atoms with E-state index in [0.717, 1.165) is 31.2 Å². The molecule has 21 heteroatoms. The van der Waals surface area contributed by atoms with E-state index in [-0.39, 0.29) is 26.9 Å². The van der Waals surface area contributed by atoms with Gasteiger partial charge in [0.15, 0.2) is 28.1 Å². The predicted octanol–water partition coefficient (Wildman–Crippen LogP) is 14.6. The van der Waals surface area contributed by atoms with Gasteiger partial charge in [0.05, 0.1) is 47.4 Å². The standard InChI is InChI=1S/C67H50Br2N10O7S2/c68-51-21-33-57(34-22-51)87(81,82)76-53-25-17-49(18-26-53)59(37-15-45-11-29-55(30-12-45)85-66-61-64(70-41-72-66)78(43-74-61)39-47-7-3-1-4-8-47)63(80)60(50-19-27-54(28-20-50)77-88(83,84)58-35-23-52(69)24-36-58)38-16-46-13-31-56(32-14-46)86-67-62-65(71-42-73-67)79(44-75-62)40-48-9-5-2-6-10-48/h1-38,41-44,59-60,76-77H,39-40H2/b37-15+,38-16+. The molecule has 17 nitrogen and oxygen atoms in total. The fraction of sp³-hybridized carbons (Fsp3) is 0.0597. The summed E-state index contributed by atoms with van der Waals surface area (Å²) in [6, 6.07) is 60.5. The molecule has 0 radical (unpaired) electrons. The van der Waals surface area contributed by atoms with Gasteiger partial charge in [0.1, 0.15) is 24.2 Å². The largest absolute Gasteiger partial charge is 0.437 e. The van der Waals surface area contributed by atoms with Gasteiger partial charge >= 0.3 is 0 Å².